The fourth-order valence-electron chi connectivity index (χ4n) is 3.55. The maximum absolute atomic E-state index is 12.8. The number of hydrogen-bond acceptors (Lipinski definition) is 7. The first-order valence-electron chi connectivity index (χ1n) is 10.7. The highest BCUT2D eigenvalue weighted by molar-refractivity contribution is 8.18. The van der Waals surface area contributed by atoms with Gasteiger partial charge in [-0.15, -0.1) is 0 Å². The molecular formula is C25H20ClN3O6S. The molecule has 0 radical (unpaired) electrons. The van der Waals surface area contributed by atoms with Crippen LogP contribution in [0.15, 0.2) is 51.8 Å². The number of nitrogens with one attached hydrogen (secondary N) is 1. The molecule has 2 heterocycles. The maximum Gasteiger partial charge on any atom is 0.294 e. The summed E-state index contributed by atoms with van der Waals surface area (Å²) in [6.45, 7) is 4.95. The first kappa shape index (κ1) is 25.2. The largest absolute Gasteiger partial charge is 0.456 e. The van der Waals surface area contributed by atoms with Crippen molar-refractivity contribution in [3.8, 4) is 11.3 Å². The van der Waals surface area contributed by atoms with Crippen LogP contribution in [0.2, 0.25) is 5.02 Å². The molecule has 1 fully saturated rings. The number of thioether (sulfide) groups is 1. The lowest BCUT2D eigenvalue weighted by molar-refractivity contribution is -0.384. The molecule has 4 rings (SSSR count). The molecule has 2 aromatic carbocycles. The molecule has 3 aromatic rings. The predicted octanol–water partition coefficient (Wildman–Crippen LogP) is 6.11. The number of amides is 3. The minimum absolute atomic E-state index is 0.0715. The molecule has 0 atom stereocenters. The van der Waals surface area contributed by atoms with E-state index < -0.39 is 28.5 Å². The van der Waals surface area contributed by atoms with E-state index in [1.807, 2.05) is 6.92 Å². The Morgan fingerprint density at radius 2 is 1.83 bits per heavy atom. The number of anilines is 1. The second-order valence-corrected chi connectivity index (χ2v) is 9.62. The zero-order chi connectivity index (χ0) is 26.1. The molecule has 1 N–H and O–H groups in total. The molecule has 1 aromatic heterocycles. The van der Waals surface area contributed by atoms with Crippen molar-refractivity contribution in [1.29, 1.82) is 0 Å². The van der Waals surface area contributed by atoms with Crippen molar-refractivity contribution in [2.75, 3.05) is 11.9 Å². The molecule has 3 amide bonds. The van der Waals surface area contributed by atoms with Crippen LogP contribution in [-0.2, 0) is 9.59 Å². The summed E-state index contributed by atoms with van der Waals surface area (Å²) in [6, 6.07) is 11.3. The van der Waals surface area contributed by atoms with Crippen LogP contribution in [0.5, 0.6) is 0 Å². The first-order valence-corrected chi connectivity index (χ1v) is 11.9. The van der Waals surface area contributed by atoms with Crippen LogP contribution in [-0.4, -0.2) is 33.4 Å². The van der Waals surface area contributed by atoms with Gasteiger partial charge in [0.15, 0.2) is 0 Å². The van der Waals surface area contributed by atoms with E-state index in [2.05, 4.69) is 5.32 Å². The zero-order valence-corrected chi connectivity index (χ0v) is 21.0. The summed E-state index contributed by atoms with van der Waals surface area (Å²) in [4.78, 5) is 49.7. The van der Waals surface area contributed by atoms with Crippen molar-refractivity contribution < 1.29 is 23.7 Å². The van der Waals surface area contributed by atoms with Gasteiger partial charge in [-0.2, -0.15) is 0 Å². The summed E-state index contributed by atoms with van der Waals surface area (Å²) in [5.74, 6) is -0.696. The summed E-state index contributed by atoms with van der Waals surface area (Å²) in [5, 5.41) is 14.0. The van der Waals surface area contributed by atoms with E-state index in [-0.39, 0.29) is 22.1 Å². The predicted molar refractivity (Wildman–Crippen MR) is 138 cm³/mol. The minimum atomic E-state index is -0.641. The third-order valence-electron chi connectivity index (χ3n) is 5.62. The minimum Gasteiger partial charge on any atom is -0.456 e. The lowest BCUT2D eigenvalue weighted by atomic mass is 10.0. The summed E-state index contributed by atoms with van der Waals surface area (Å²) in [7, 11) is 0. The number of nitrogens with zero attached hydrogens (tertiary/aromatic N) is 2. The standard InChI is InChI=1S/C25H20ClN3O6S/c1-13-4-5-16(26)10-19(13)27-23(30)12-28-24(31)22(36-25(28)32)11-17-6-7-21(35-17)18-8-14(2)15(3)9-20(18)29(33)34/h4-11H,12H2,1-3H3,(H,27,30)/b22-11-. The normalized spacial score (nSPS) is 14.6. The Balaban J connectivity index is 1.52. The Labute approximate surface area is 215 Å². The number of carbonyl (C=O) groups excluding carboxylic acids is 3. The van der Waals surface area contributed by atoms with E-state index >= 15 is 0 Å². The average Bonchev–Trinajstić information content (AvgIpc) is 3.38. The third-order valence-corrected chi connectivity index (χ3v) is 6.77. The van der Waals surface area contributed by atoms with Gasteiger partial charge in [0.1, 0.15) is 18.1 Å². The Morgan fingerprint density at radius 3 is 2.56 bits per heavy atom. The van der Waals surface area contributed by atoms with E-state index in [9.17, 15) is 24.5 Å². The van der Waals surface area contributed by atoms with Crippen molar-refractivity contribution in [2.45, 2.75) is 20.8 Å². The number of imide groups is 1. The highest BCUT2D eigenvalue weighted by atomic mass is 35.5. The van der Waals surface area contributed by atoms with E-state index in [1.54, 1.807) is 50.2 Å². The molecule has 0 bridgehead atoms. The molecule has 0 aliphatic carbocycles. The summed E-state index contributed by atoms with van der Waals surface area (Å²) in [6.07, 6.45) is 1.38. The Hall–Kier alpha value is -3.89. The topological polar surface area (TPSA) is 123 Å². The fraction of sp³-hybridized carbons (Fsp3) is 0.160. The first-order chi connectivity index (χ1) is 17.0. The van der Waals surface area contributed by atoms with Gasteiger partial charge in [0.05, 0.1) is 15.4 Å². The van der Waals surface area contributed by atoms with Gasteiger partial charge in [-0.05, 0) is 79.6 Å². The number of rotatable bonds is 6. The van der Waals surface area contributed by atoms with Crippen molar-refractivity contribution in [1.82, 2.24) is 4.90 Å². The van der Waals surface area contributed by atoms with Crippen LogP contribution in [0.25, 0.3) is 17.4 Å². The molecule has 1 aliphatic heterocycles. The van der Waals surface area contributed by atoms with Crippen LogP contribution < -0.4 is 5.32 Å². The van der Waals surface area contributed by atoms with Gasteiger partial charge in [0, 0.05) is 22.9 Å². The van der Waals surface area contributed by atoms with Crippen LogP contribution in [0.1, 0.15) is 22.5 Å². The van der Waals surface area contributed by atoms with E-state index in [4.69, 9.17) is 16.0 Å². The average molecular weight is 526 g/mol. The van der Waals surface area contributed by atoms with Crippen LogP contribution >= 0.6 is 23.4 Å². The maximum atomic E-state index is 12.8. The zero-order valence-electron chi connectivity index (χ0n) is 19.5. The molecule has 11 heteroatoms. The molecule has 184 valence electrons. The van der Waals surface area contributed by atoms with Gasteiger partial charge >= 0.3 is 0 Å². The van der Waals surface area contributed by atoms with Crippen molar-refractivity contribution >= 4 is 57.9 Å². The number of nitro groups is 1. The molecule has 9 nitrogen and oxygen atoms in total. The SMILES string of the molecule is Cc1cc(-c2ccc(/C=C3\SC(=O)N(CC(=O)Nc4cc(Cl)ccc4C)C3=O)o2)c([N+](=O)[O-])cc1C. The Kier molecular flexibility index (Phi) is 7.00. The number of carbonyl (C=O) groups is 3. The number of benzene rings is 2. The fourth-order valence-corrected chi connectivity index (χ4v) is 4.54. The van der Waals surface area contributed by atoms with Crippen LogP contribution in [0.4, 0.5) is 16.2 Å². The molecule has 1 aliphatic rings. The third kappa shape index (κ3) is 5.19. The second-order valence-electron chi connectivity index (χ2n) is 8.19. The quantitative estimate of drug-likeness (QED) is 0.234. The summed E-state index contributed by atoms with van der Waals surface area (Å²) in [5.41, 5.74) is 3.11. The van der Waals surface area contributed by atoms with E-state index in [0.29, 0.717) is 28.0 Å². The molecule has 0 spiro atoms. The lowest BCUT2D eigenvalue weighted by Crippen LogP contribution is -2.36. The summed E-state index contributed by atoms with van der Waals surface area (Å²) < 4.78 is 5.75. The van der Waals surface area contributed by atoms with Crippen molar-refractivity contribution in [2.24, 2.45) is 0 Å². The molecule has 1 saturated heterocycles. The highest BCUT2D eigenvalue weighted by Crippen LogP contribution is 2.36. The van der Waals surface area contributed by atoms with Crippen molar-refractivity contribution in [3.05, 3.63) is 85.0 Å². The molecule has 36 heavy (non-hydrogen) atoms. The van der Waals surface area contributed by atoms with Gasteiger partial charge in [-0.3, -0.25) is 29.4 Å². The molecule has 0 unspecified atom stereocenters. The summed E-state index contributed by atoms with van der Waals surface area (Å²) >= 11 is 6.65. The van der Waals surface area contributed by atoms with Gasteiger partial charge in [0.2, 0.25) is 5.91 Å². The van der Waals surface area contributed by atoms with Gasteiger partial charge in [0.25, 0.3) is 16.8 Å². The number of aryl methyl sites for hydroxylation is 3. The van der Waals surface area contributed by atoms with Gasteiger partial charge in [-0.1, -0.05) is 17.7 Å². The highest BCUT2D eigenvalue weighted by Gasteiger charge is 2.36. The number of nitro benzene ring substituents is 1. The van der Waals surface area contributed by atoms with Crippen molar-refractivity contribution in [3.63, 3.8) is 0 Å². The smallest absolute Gasteiger partial charge is 0.294 e. The van der Waals surface area contributed by atoms with Gasteiger partial charge < -0.3 is 9.73 Å². The lowest BCUT2D eigenvalue weighted by Gasteiger charge is -2.13. The number of halogens is 1. The Morgan fingerprint density at radius 1 is 1.11 bits per heavy atom. The van der Waals surface area contributed by atoms with E-state index in [0.717, 1.165) is 21.6 Å². The van der Waals surface area contributed by atoms with Gasteiger partial charge in [-0.25, -0.2) is 0 Å². The van der Waals surface area contributed by atoms with Crippen LogP contribution in [0, 0.1) is 30.9 Å². The molecular weight excluding hydrogens is 506 g/mol. The molecule has 0 saturated carbocycles. The number of furan rings is 1. The monoisotopic (exact) mass is 525 g/mol. The number of hydrogen-bond donors (Lipinski definition) is 1. The Bertz CT molecular complexity index is 1460. The van der Waals surface area contributed by atoms with E-state index in [1.165, 1.54) is 12.1 Å². The second kappa shape index (κ2) is 10.00. The van der Waals surface area contributed by atoms with Crippen LogP contribution in [0.3, 0.4) is 0 Å².